The lowest BCUT2D eigenvalue weighted by molar-refractivity contribution is -0.138. The van der Waals surface area contributed by atoms with Gasteiger partial charge in [0, 0.05) is 13.0 Å². The fourth-order valence-electron chi connectivity index (χ4n) is 4.00. The maximum atomic E-state index is 13.5. The van der Waals surface area contributed by atoms with Crippen molar-refractivity contribution in [2.75, 3.05) is 7.11 Å². The lowest BCUT2D eigenvalue weighted by Gasteiger charge is -2.34. The molecule has 1 unspecified atom stereocenters. The van der Waals surface area contributed by atoms with Gasteiger partial charge < -0.3 is 25.2 Å². The zero-order valence-corrected chi connectivity index (χ0v) is 19.9. The quantitative estimate of drug-likeness (QED) is 0.478. The van der Waals surface area contributed by atoms with Crippen molar-refractivity contribution in [3.05, 3.63) is 53.3 Å². The number of carbonyl (C=O) groups excluding carboxylic acids is 2. The lowest BCUT2D eigenvalue weighted by Crippen LogP contribution is -2.52. The number of aliphatic hydroxyl groups is 1. The molecule has 36 heavy (non-hydrogen) atoms. The first-order chi connectivity index (χ1) is 17.0. The highest BCUT2D eigenvalue weighted by Crippen LogP contribution is 2.40. The Bertz CT molecular complexity index is 1110. The van der Waals surface area contributed by atoms with E-state index in [1.165, 1.54) is 31.3 Å². The summed E-state index contributed by atoms with van der Waals surface area (Å²) in [4.78, 5) is 29.2. The van der Waals surface area contributed by atoms with Gasteiger partial charge in [-0.15, -0.1) is 0 Å². The number of nitrogens with zero attached hydrogens (tertiary/aromatic N) is 1. The fraction of sp³-hybridized carbons (Fsp3) is 0.480. The molecule has 0 radical (unpaired) electrons. The van der Waals surface area contributed by atoms with Gasteiger partial charge in [0.25, 0.3) is 0 Å². The summed E-state index contributed by atoms with van der Waals surface area (Å²) in [7, 11) is 1.61. The van der Waals surface area contributed by atoms with Crippen LogP contribution in [-0.4, -0.2) is 40.7 Å². The van der Waals surface area contributed by atoms with Gasteiger partial charge in [-0.05, 0) is 62.4 Å². The Kier molecular flexibility index (Phi) is 7.24. The summed E-state index contributed by atoms with van der Waals surface area (Å²) in [6, 6.07) is 6.35. The van der Waals surface area contributed by atoms with Gasteiger partial charge in [0.2, 0.25) is 11.8 Å². The van der Waals surface area contributed by atoms with Crippen LogP contribution < -0.4 is 15.4 Å². The first-order valence-corrected chi connectivity index (χ1v) is 11.7. The number of carbonyl (C=O) groups is 2. The highest BCUT2D eigenvalue weighted by atomic mass is 19.4. The van der Waals surface area contributed by atoms with Gasteiger partial charge in [0.05, 0.1) is 36.2 Å². The van der Waals surface area contributed by atoms with Crippen LogP contribution in [0.3, 0.4) is 0 Å². The van der Waals surface area contributed by atoms with Crippen molar-refractivity contribution < 1.29 is 37.3 Å². The molecule has 2 amide bonds. The summed E-state index contributed by atoms with van der Waals surface area (Å²) in [5.41, 5.74) is -1.31. The zero-order valence-electron chi connectivity index (χ0n) is 19.9. The molecule has 1 atom stereocenters. The standard InChI is InChI=1S/C25H28F3N3O5/c1-14(32)15-3-6-21(20(11-15)25(26,27)28)36-18-5-4-17(29-13-18)12-30-23(34)24(7-8-24)31-22(33)16-9-19(10-16)35-2/h3-6,11,13-14,16,19,32H,7-10,12H2,1-2H3,(H,30,34)(H,31,33). The SMILES string of the molecule is COC1CC(C(=O)NC2(C(=O)NCc3ccc(Oc4ccc(C(C)O)cc4C(F)(F)F)cn3)CC2)C1. The molecule has 0 saturated heterocycles. The molecule has 1 aromatic carbocycles. The molecule has 194 valence electrons. The Morgan fingerprint density at radius 2 is 1.94 bits per heavy atom. The highest BCUT2D eigenvalue weighted by Gasteiger charge is 2.52. The average Bonchev–Trinajstić information content (AvgIpc) is 3.57. The van der Waals surface area contributed by atoms with Gasteiger partial charge in [-0.25, -0.2) is 0 Å². The highest BCUT2D eigenvalue weighted by molar-refractivity contribution is 5.94. The Hall–Kier alpha value is -3.18. The molecule has 2 aromatic rings. The molecule has 0 spiro atoms. The maximum absolute atomic E-state index is 13.5. The van der Waals surface area contributed by atoms with E-state index in [1.54, 1.807) is 7.11 Å². The first kappa shape index (κ1) is 25.9. The normalized spacial score (nSPS) is 21.2. The molecule has 0 bridgehead atoms. The van der Waals surface area contributed by atoms with Crippen LogP contribution in [0, 0.1) is 5.92 Å². The molecule has 8 nitrogen and oxygen atoms in total. The zero-order chi connectivity index (χ0) is 26.1. The second-order valence-corrected chi connectivity index (χ2v) is 9.30. The van der Waals surface area contributed by atoms with Crippen molar-refractivity contribution in [2.45, 2.75) is 63.1 Å². The number of amides is 2. The molecule has 2 aliphatic rings. The molecule has 4 rings (SSSR count). The van der Waals surface area contributed by atoms with Gasteiger partial charge in [-0.3, -0.25) is 14.6 Å². The third-order valence-corrected chi connectivity index (χ3v) is 6.59. The lowest BCUT2D eigenvalue weighted by atomic mass is 9.81. The fourth-order valence-corrected chi connectivity index (χ4v) is 4.00. The van der Waals surface area contributed by atoms with Crippen molar-refractivity contribution >= 4 is 11.8 Å². The van der Waals surface area contributed by atoms with Crippen LogP contribution in [0.4, 0.5) is 13.2 Å². The number of nitrogens with one attached hydrogen (secondary N) is 2. The maximum Gasteiger partial charge on any atom is 0.419 e. The number of pyridine rings is 1. The van der Waals surface area contributed by atoms with Crippen molar-refractivity contribution in [3.63, 3.8) is 0 Å². The number of hydrogen-bond donors (Lipinski definition) is 3. The van der Waals surface area contributed by atoms with E-state index in [4.69, 9.17) is 9.47 Å². The molecular weight excluding hydrogens is 479 g/mol. The average molecular weight is 508 g/mol. The minimum absolute atomic E-state index is 0.0844. The van der Waals surface area contributed by atoms with E-state index in [-0.39, 0.29) is 41.7 Å². The third-order valence-electron chi connectivity index (χ3n) is 6.59. The van der Waals surface area contributed by atoms with Crippen molar-refractivity contribution in [2.24, 2.45) is 5.92 Å². The smallest absolute Gasteiger partial charge is 0.419 e. The second-order valence-electron chi connectivity index (χ2n) is 9.30. The van der Waals surface area contributed by atoms with Crippen molar-refractivity contribution in [3.8, 4) is 11.5 Å². The second kappa shape index (κ2) is 10.1. The van der Waals surface area contributed by atoms with E-state index in [1.807, 2.05) is 0 Å². The van der Waals surface area contributed by atoms with Gasteiger partial charge in [0.1, 0.15) is 17.0 Å². The summed E-state index contributed by atoms with van der Waals surface area (Å²) in [6.07, 6.45) is -1.97. The minimum atomic E-state index is -4.67. The predicted octanol–water partition coefficient (Wildman–Crippen LogP) is 3.64. The molecule has 2 fully saturated rings. The topological polar surface area (TPSA) is 110 Å². The van der Waals surface area contributed by atoms with Crippen molar-refractivity contribution in [1.29, 1.82) is 0 Å². The molecule has 1 aromatic heterocycles. The Morgan fingerprint density at radius 1 is 1.22 bits per heavy atom. The van der Waals surface area contributed by atoms with E-state index >= 15 is 0 Å². The summed E-state index contributed by atoms with van der Waals surface area (Å²) >= 11 is 0. The van der Waals surface area contributed by atoms with Crippen LogP contribution in [0.25, 0.3) is 0 Å². The van der Waals surface area contributed by atoms with Gasteiger partial charge in [-0.1, -0.05) is 6.07 Å². The summed E-state index contributed by atoms with van der Waals surface area (Å²) < 4.78 is 51.0. The van der Waals surface area contributed by atoms with E-state index < -0.39 is 29.1 Å². The number of aliphatic hydroxyl groups excluding tert-OH is 1. The number of ether oxygens (including phenoxy) is 2. The molecule has 2 aliphatic carbocycles. The van der Waals surface area contributed by atoms with E-state index in [0.717, 1.165) is 12.1 Å². The Morgan fingerprint density at radius 3 is 2.50 bits per heavy atom. The number of aromatic nitrogens is 1. The molecule has 3 N–H and O–H groups in total. The Labute approximate surface area is 206 Å². The predicted molar refractivity (Wildman–Crippen MR) is 122 cm³/mol. The van der Waals surface area contributed by atoms with Gasteiger partial charge >= 0.3 is 6.18 Å². The number of alkyl halides is 3. The van der Waals surface area contributed by atoms with E-state index in [2.05, 4.69) is 15.6 Å². The molecule has 1 heterocycles. The van der Waals surface area contributed by atoms with Crippen LogP contribution in [0.2, 0.25) is 0 Å². The van der Waals surface area contributed by atoms with E-state index in [0.29, 0.717) is 31.4 Å². The van der Waals surface area contributed by atoms with E-state index in [9.17, 15) is 27.9 Å². The summed E-state index contributed by atoms with van der Waals surface area (Å²) in [5.74, 6) is -0.912. The Balaban J connectivity index is 1.33. The van der Waals surface area contributed by atoms with Crippen LogP contribution in [0.1, 0.15) is 55.5 Å². The van der Waals surface area contributed by atoms with Crippen LogP contribution in [-0.2, 0) is 27.0 Å². The molecular formula is C25H28F3N3O5. The van der Waals surface area contributed by atoms with Crippen LogP contribution >= 0.6 is 0 Å². The largest absolute Gasteiger partial charge is 0.455 e. The molecule has 0 aliphatic heterocycles. The number of halogens is 3. The summed E-state index contributed by atoms with van der Waals surface area (Å²) in [6.45, 7) is 1.46. The van der Waals surface area contributed by atoms with Crippen LogP contribution in [0.5, 0.6) is 11.5 Å². The summed E-state index contributed by atoms with van der Waals surface area (Å²) in [5, 5.41) is 15.2. The number of benzene rings is 1. The minimum Gasteiger partial charge on any atom is -0.455 e. The number of methoxy groups -OCH3 is 1. The number of hydrogen-bond acceptors (Lipinski definition) is 6. The van der Waals surface area contributed by atoms with Crippen LogP contribution in [0.15, 0.2) is 36.5 Å². The third kappa shape index (κ3) is 5.79. The monoisotopic (exact) mass is 507 g/mol. The molecule has 11 heteroatoms. The first-order valence-electron chi connectivity index (χ1n) is 11.7. The van der Waals surface area contributed by atoms with Gasteiger partial charge in [-0.2, -0.15) is 13.2 Å². The molecule has 2 saturated carbocycles. The number of rotatable bonds is 9. The van der Waals surface area contributed by atoms with Crippen molar-refractivity contribution in [1.82, 2.24) is 15.6 Å². The van der Waals surface area contributed by atoms with Gasteiger partial charge in [0.15, 0.2) is 0 Å².